The number of amides is 1. The lowest BCUT2D eigenvalue weighted by atomic mass is 10.1. The Bertz CT molecular complexity index is 1430. The molecule has 2 heterocycles. The van der Waals surface area contributed by atoms with Crippen LogP contribution < -0.4 is 16.6 Å². The maximum atomic E-state index is 13.1. The van der Waals surface area contributed by atoms with Gasteiger partial charge in [0.25, 0.3) is 5.56 Å². The fraction of sp³-hybridized carbons (Fsp3) is 0.136. The number of halogens is 1. The van der Waals surface area contributed by atoms with Gasteiger partial charge in [-0.25, -0.2) is 4.79 Å². The number of anilines is 1. The molecule has 0 atom stereocenters. The number of carbonyl (C=O) groups is 1. The quantitative estimate of drug-likeness (QED) is 0.550. The third-order valence-corrected chi connectivity index (χ3v) is 5.34. The maximum absolute atomic E-state index is 13.1. The molecule has 1 amide bonds. The van der Waals surface area contributed by atoms with Gasteiger partial charge in [-0.15, -0.1) is 0 Å². The number of aryl methyl sites for hydroxylation is 1. The number of nitrogens with one attached hydrogen (secondary N) is 1. The third-order valence-electron chi connectivity index (χ3n) is 5.01. The molecule has 4 aromatic rings. The number of benzene rings is 2. The summed E-state index contributed by atoms with van der Waals surface area (Å²) in [5.74, 6) is -0.188. The van der Waals surface area contributed by atoms with Gasteiger partial charge in [0.05, 0.1) is 16.6 Å². The number of nitrogens with zero attached hydrogens (tertiary/aromatic N) is 3. The Morgan fingerprint density at radius 3 is 2.43 bits per heavy atom. The first-order valence-electron chi connectivity index (χ1n) is 9.23. The highest BCUT2D eigenvalue weighted by Crippen LogP contribution is 2.35. The van der Waals surface area contributed by atoms with Gasteiger partial charge in [-0.2, -0.15) is 0 Å². The van der Waals surface area contributed by atoms with Crippen molar-refractivity contribution in [3.8, 4) is 16.9 Å². The molecule has 0 saturated heterocycles. The van der Waals surface area contributed by atoms with Gasteiger partial charge >= 0.3 is 5.69 Å². The SMILES string of the molecule is CC(=O)Nc1cccc(-n2cc3c(c2-c2ccccc2Cl)c(=O)n(C)c(=O)n3C)c1. The van der Waals surface area contributed by atoms with Gasteiger partial charge in [-0.05, 0) is 24.3 Å². The molecule has 7 nitrogen and oxygen atoms in total. The zero-order valence-electron chi connectivity index (χ0n) is 16.6. The molecule has 4 rings (SSSR count). The number of hydrogen-bond acceptors (Lipinski definition) is 3. The van der Waals surface area contributed by atoms with E-state index in [0.717, 1.165) is 4.57 Å². The Kier molecular flexibility index (Phi) is 4.83. The molecule has 2 aromatic carbocycles. The lowest BCUT2D eigenvalue weighted by Crippen LogP contribution is -2.36. The predicted octanol–water partition coefficient (Wildman–Crippen LogP) is 3.31. The summed E-state index contributed by atoms with van der Waals surface area (Å²) in [4.78, 5) is 37.1. The van der Waals surface area contributed by atoms with Gasteiger partial charge in [-0.3, -0.25) is 18.7 Å². The molecule has 0 aliphatic carbocycles. The number of hydrogen-bond donors (Lipinski definition) is 1. The molecule has 0 fully saturated rings. The molecule has 0 unspecified atom stereocenters. The van der Waals surface area contributed by atoms with E-state index in [2.05, 4.69) is 5.32 Å². The van der Waals surface area contributed by atoms with Gasteiger partial charge in [0.1, 0.15) is 0 Å². The number of aromatic nitrogens is 3. The Morgan fingerprint density at radius 2 is 1.73 bits per heavy atom. The Labute approximate surface area is 176 Å². The smallest absolute Gasteiger partial charge is 0.326 e. The predicted molar refractivity (Wildman–Crippen MR) is 119 cm³/mol. The van der Waals surface area contributed by atoms with E-state index in [1.807, 2.05) is 28.8 Å². The van der Waals surface area contributed by atoms with Crippen molar-refractivity contribution in [2.75, 3.05) is 5.32 Å². The fourth-order valence-corrected chi connectivity index (χ4v) is 3.82. The lowest BCUT2D eigenvalue weighted by molar-refractivity contribution is -0.114. The van der Waals surface area contributed by atoms with Crippen molar-refractivity contribution < 1.29 is 4.79 Å². The monoisotopic (exact) mass is 422 g/mol. The van der Waals surface area contributed by atoms with E-state index in [1.54, 1.807) is 37.5 Å². The highest BCUT2D eigenvalue weighted by molar-refractivity contribution is 6.33. The van der Waals surface area contributed by atoms with Crippen LogP contribution in [0.25, 0.3) is 27.8 Å². The second-order valence-electron chi connectivity index (χ2n) is 7.03. The lowest BCUT2D eigenvalue weighted by Gasteiger charge is -2.13. The third kappa shape index (κ3) is 3.13. The van der Waals surface area contributed by atoms with Crippen LogP contribution in [0.3, 0.4) is 0 Å². The van der Waals surface area contributed by atoms with Crippen molar-refractivity contribution in [3.63, 3.8) is 0 Å². The fourth-order valence-electron chi connectivity index (χ4n) is 3.60. The molecule has 0 radical (unpaired) electrons. The molecule has 0 saturated carbocycles. The van der Waals surface area contributed by atoms with E-state index in [0.29, 0.717) is 38.6 Å². The summed E-state index contributed by atoms with van der Waals surface area (Å²) in [5, 5.41) is 3.63. The van der Waals surface area contributed by atoms with E-state index in [4.69, 9.17) is 11.6 Å². The van der Waals surface area contributed by atoms with Crippen molar-refractivity contribution in [2.45, 2.75) is 6.92 Å². The summed E-state index contributed by atoms with van der Waals surface area (Å²) in [6, 6.07) is 14.5. The first kappa shape index (κ1) is 19.7. The van der Waals surface area contributed by atoms with Crippen molar-refractivity contribution >= 4 is 34.1 Å². The summed E-state index contributed by atoms with van der Waals surface area (Å²) < 4.78 is 4.34. The van der Waals surface area contributed by atoms with Crippen LogP contribution in [0.15, 0.2) is 64.3 Å². The zero-order valence-corrected chi connectivity index (χ0v) is 17.4. The second-order valence-corrected chi connectivity index (χ2v) is 7.43. The van der Waals surface area contributed by atoms with Gasteiger partial charge < -0.3 is 9.88 Å². The molecule has 0 spiro atoms. The van der Waals surface area contributed by atoms with Crippen LogP contribution in [-0.4, -0.2) is 19.6 Å². The summed E-state index contributed by atoms with van der Waals surface area (Å²) in [6.07, 6.45) is 1.74. The van der Waals surface area contributed by atoms with Crippen LogP contribution >= 0.6 is 11.6 Å². The Hall–Kier alpha value is -3.58. The number of fused-ring (bicyclic) bond motifs is 1. The molecule has 152 valence electrons. The van der Waals surface area contributed by atoms with Crippen molar-refractivity contribution in [3.05, 3.63) is 80.6 Å². The molecule has 1 N–H and O–H groups in total. The van der Waals surface area contributed by atoms with Crippen LogP contribution in [0.1, 0.15) is 6.92 Å². The van der Waals surface area contributed by atoms with E-state index in [9.17, 15) is 14.4 Å². The number of rotatable bonds is 3. The van der Waals surface area contributed by atoms with E-state index in [-0.39, 0.29) is 5.91 Å². The van der Waals surface area contributed by atoms with E-state index in [1.165, 1.54) is 18.5 Å². The first-order valence-corrected chi connectivity index (χ1v) is 9.61. The second kappa shape index (κ2) is 7.35. The minimum Gasteiger partial charge on any atom is -0.326 e. The molecule has 0 aliphatic heterocycles. The van der Waals surface area contributed by atoms with Crippen LogP contribution in [-0.2, 0) is 18.9 Å². The summed E-state index contributed by atoms with van der Waals surface area (Å²) in [5.41, 5.74) is 2.23. The van der Waals surface area contributed by atoms with Crippen molar-refractivity contribution in [1.29, 1.82) is 0 Å². The van der Waals surface area contributed by atoms with Gasteiger partial charge in [0.15, 0.2) is 0 Å². The average molecular weight is 423 g/mol. The molecule has 0 aliphatic rings. The first-order chi connectivity index (χ1) is 14.3. The van der Waals surface area contributed by atoms with Gasteiger partial charge in [0, 0.05) is 49.2 Å². The van der Waals surface area contributed by atoms with Crippen LogP contribution in [0.2, 0.25) is 5.02 Å². The van der Waals surface area contributed by atoms with E-state index >= 15 is 0 Å². The topological polar surface area (TPSA) is 78.0 Å². The van der Waals surface area contributed by atoms with Crippen molar-refractivity contribution in [1.82, 2.24) is 13.7 Å². The maximum Gasteiger partial charge on any atom is 0.330 e. The molecule has 0 bridgehead atoms. The molecule has 8 heteroatoms. The average Bonchev–Trinajstić information content (AvgIpc) is 3.11. The highest BCUT2D eigenvalue weighted by Gasteiger charge is 2.21. The molecular formula is C22H19ClN4O3. The minimum absolute atomic E-state index is 0.188. The summed E-state index contributed by atoms with van der Waals surface area (Å²) >= 11 is 6.49. The minimum atomic E-state index is -0.414. The van der Waals surface area contributed by atoms with Crippen LogP contribution in [0, 0.1) is 0 Å². The van der Waals surface area contributed by atoms with Crippen molar-refractivity contribution in [2.24, 2.45) is 14.1 Å². The Morgan fingerprint density at radius 1 is 1.00 bits per heavy atom. The van der Waals surface area contributed by atoms with Crippen LogP contribution in [0.5, 0.6) is 0 Å². The largest absolute Gasteiger partial charge is 0.330 e. The molecule has 30 heavy (non-hydrogen) atoms. The zero-order chi connectivity index (χ0) is 21.6. The van der Waals surface area contributed by atoms with Gasteiger partial charge in [-0.1, -0.05) is 35.9 Å². The van der Waals surface area contributed by atoms with Crippen LogP contribution in [0.4, 0.5) is 5.69 Å². The highest BCUT2D eigenvalue weighted by atomic mass is 35.5. The Balaban J connectivity index is 2.15. The summed E-state index contributed by atoms with van der Waals surface area (Å²) in [6.45, 7) is 1.44. The van der Waals surface area contributed by atoms with E-state index < -0.39 is 11.2 Å². The molecule has 2 aromatic heterocycles. The van der Waals surface area contributed by atoms with Gasteiger partial charge in [0.2, 0.25) is 5.91 Å². The summed E-state index contributed by atoms with van der Waals surface area (Å²) in [7, 11) is 3.08. The standard InChI is InChI=1S/C22H19ClN4O3/c1-13(28)24-14-7-6-8-15(11-14)27-12-18-19(21(29)26(3)22(30)25(18)2)20(27)16-9-4-5-10-17(16)23/h4-12H,1-3H3,(H,24,28). The normalized spacial score (nSPS) is 11.1. The number of carbonyl (C=O) groups excluding carboxylic acids is 1. The molecular weight excluding hydrogens is 404 g/mol.